The van der Waals surface area contributed by atoms with Gasteiger partial charge in [-0.2, -0.15) is 5.26 Å². The van der Waals surface area contributed by atoms with Gasteiger partial charge in [-0.3, -0.25) is 4.57 Å². The van der Waals surface area contributed by atoms with Crippen LogP contribution in [0.3, 0.4) is 0 Å². The average molecular weight is 347 g/mol. The van der Waals surface area contributed by atoms with Crippen LogP contribution in [0.2, 0.25) is 0 Å². The van der Waals surface area contributed by atoms with E-state index in [1.54, 1.807) is 24.5 Å². The summed E-state index contributed by atoms with van der Waals surface area (Å²) in [4.78, 5) is 2.12. The van der Waals surface area contributed by atoms with Gasteiger partial charge in [-0.15, -0.1) is 10.2 Å². The zero-order valence-corrected chi connectivity index (χ0v) is 14.1. The van der Waals surface area contributed by atoms with Crippen LogP contribution in [-0.4, -0.2) is 41.1 Å². The Labute approximate surface area is 150 Å². The Hall–Kier alpha value is -3.37. The lowest BCUT2D eigenvalue weighted by molar-refractivity contribution is 0.122. The first-order valence-electron chi connectivity index (χ1n) is 8.36. The molecule has 7 nitrogen and oxygen atoms in total. The molecule has 1 aliphatic heterocycles. The highest BCUT2D eigenvalue weighted by Crippen LogP contribution is 2.26. The van der Waals surface area contributed by atoms with E-state index in [2.05, 4.69) is 21.2 Å². The van der Waals surface area contributed by atoms with Crippen molar-refractivity contribution in [1.29, 1.82) is 5.26 Å². The maximum absolute atomic E-state index is 9.69. The van der Waals surface area contributed by atoms with Crippen LogP contribution >= 0.6 is 0 Å². The van der Waals surface area contributed by atoms with Gasteiger partial charge in [-0.1, -0.05) is 18.2 Å². The highest BCUT2D eigenvalue weighted by atomic mass is 16.5. The molecule has 3 aromatic rings. The van der Waals surface area contributed by atoms with Crippen LogP contribution < -0.4 is 4.90 Å². The van der Waals surface area contributed by atoms with Crippen molar-refractivity contribution in [3.63, 3.8) is 0 Å². The van der Waals surface area contributed by atoms with Crippen molar-refractivity contribution >= 4 is 17.6 Å². The Morgan fingerprint density at radius 1 is 1.08 bits per heavy atom. The maximum Gasteiger partial charge on any atom is 0.232 e. The molecule has 130 valence electrons. The molecule has 0 aliphatic carbocycles. The lowest BCUT2D eigenvalue weighted by Gasteiger charge is -2.28. The molecule has 0 bridgehead atoms. The molecule has 2 aromatic heterocycles. The van der Waals surface area contributed by atoms with Gasteiger partial charge in [-0.05, 0) is 24.3 Å². The average Bonchev–Trinajstić information content (AvgIpc) is 3.37. The number of benzene rings is 1. The van der Waals surface area contributed by atoms with Gasteiger partial charge in [0.2, 0.25) is 5.95 Å². The van der Waals surface area contributed by atoms with Gasteiger partial charge in [0, 0.05) is 19.2 Å². The molecule has 0 unspecified atom stereocenters. The first-order valence-corrected chi connectivity index (χ1v) is 8.36. The molecule has 0 spiro atoms. The minimum atomic E-state index is 0.385. The Balaban J connectivity index is 1.84. The summed E-state index contributed by atoms with van der Waals surface area (Å²) in [6, 6.07) is 15.6. The van der Waals surface area contributed by atoms with E-state index in [0.717, 1.165) is 18.8 Å². The Morgan fingerprint density at radius 2 is 1.88 bits per heavy atom. The second kappa shape index (κ2) is 7.25. The van der Waals surface area contributed by atoms with Crippen LogP contribution in [0, 0.1) is 11.3 Å². The monoisotopic (exact) mass is 347 g/mol. The number of anilines is 1. The summed E-state index contributed by atoms with van der Waals surface area (Å²) < 4.78 is 12.7. The van der Waals surface area contributed by atoms with E-state index in [1.807, 2.05) is 34.9 Å². The summed E-state index contributed by atoms with van der Waals surface area (Å²) in [5.74, 6) is 1.78. The van der Waals surface area contributed by atoms with E-state index >= 15 is 0 Å². The number of hydrogen-bond donors (Lipinski definition) is 0. The zero-order chi connectivity index (χ0) is 17.8. The Morgan fingerprint density at radius 3 is 2.58 bits per heavy atom. The standard InChI is InChI=1S/C19H17N5O2/c20-14-15(13-17-7-4-10-26-17)18-21-22-19(23-8-11-25-12-9-23)24(18)16-5-2-1-3-6-16/h1-7,10,13H,8-9,11-12H2/b15-13-. The number of allylic oxidation sites excluding steroid dienone is 1. The summed E-state index contributed by atoms with van der Waals surface area (Å²) >= 11 is 0. The van der Waals surface area contributed by atoms with Crippen molar-refractivity contribution in [3.8, 4) is 11.8 Å². The van der Waals surface area contributed by atoms with Gasteiger partial charge >= 0.3 is 0 Å². The smallest absolute Gasteiger partial charge is 0.232 e. The molecule has 26 heavy (non-hydrogen) atoms. The summed E-state index contributed by atoms with van der Waals surface area (Å²) in [7, 11) is 0. The third kappa shape index (κ3) is 3.10. The number of nitriles is 1. The number of ether oxygens (including phenoxy) is 1. The highest BCUT2D eigenvalue weighted by Gasteiger charge is 2.23. The van der Waals surface area contributed by atoms with E-state index in [9.17, 15) is 5.26 Å². The van der Waals surface area contributed by atoms with Gasteiger partial charge in [-0.25, -0.2) is 0 Å². The molecular weight excluding hydrogens is 330 g/mol. The molecule has 0 amide bonds. The zero-order valence-electron chi connectivity index (χ0n) is 14.1. The van der Waals surface area contributed by atoms with Crippen LogP contribution in [0.15, 0.2) is 53.1 Å². The molecule has 4 rings (SSSR count). The maximum atomic E-state index is 9.69. The van der Waals surface area contributed by atoms with Gasteiger partial charge in [0.05, 0.1) is 25.2 Å². The van der Waals surface area contributed by atoms with Crippen molar-refractivity contribution in [2.24, 2.45) is 0 Å². The SMILES string of the molecule is N#C/C(=C/c1ccco1)c1nnc(N2CCOCC2)n1-c1ccccc1. The molecular formula is C19H17N5O2. The summed E-state index contributed by atoms with van der Waals surface area (Å²) in [5.41, 5.74) is 1.28. The van der Waals surface area contributed by atoms with Crippen molar-refractivity contribution < 1.29 is 9.15 Å². The highest BCUT2D eigenvalue weighted by molar-refractivity contribution is 5.87. The van der Waals surface area contributed by atoms with Gasteiger partial charge in [0.25, 0.3) is 0 Å². The molecule has 0 radical (unpaired) electrons. The van der Waals surface area contributed by atoms with Gasteiger partial charge in [0.15, 0.2) is 5.82 Å². The van der Waals surface area contributed by atoms with Crippen molar-refractivity contribution in [3.05, 3.63) is 60.3 Å². The van der Waals surface area contributed by atoms with Gasteiger partial charge in [0.1, 0.15) is 17.4 Å². The quantitative estimate of drug-likeness (QED) is 0.675. The van der Waals surface area contributed by atoms with Crippen LogP contribution in [0.25, 0.3) is 17.3 Å². The molecule has 3 heterocycles. The summed E-state index contributed by atoms with van der Waals surface area (Å²) in [6.45, 7) is 2.75. The predicted molar refractivity (Wildman–Crippen MR) is 96.6 cm³/mol. The molecule has 7 heteroatoms. The minimum absolute atomic E-state index is 0.385. The molecule has 1 aromatic carbocycles. The second-order valence-electron chi connectivity index (χ2n) is 5.78. The lowest BCUT2D eigenvalue weighted by atomic mass is 10.2. The molecule has 0 atom stereocenters. The first kappa shape index (κ1) is 16.1. The van der Waals surface area contributed by atoms with Crippen LogP contribution in [0.4, 0.5) is 5.95 Å². The van der Waals surface area contributed by atoms with E-state index in [4.69, 9.17) is 9.15 Å². The van der Waals surface area contributed by atoms with E-state index in [-0.39, 0.29) is 0 Å². The number of para-hydroxylation sites is 1. The first-order chi connectivity index (χ1) is 12.9. The third-order valence-electron chi connectivity index (χ3n) is 4.15. The van der Waals surface area contributed by atoms with E-state index in [0.29, 0.717) is 36.3 Å². The molecule has 1 fully saturated rings. The molecule has 1 saturated heterocycles. The Bertz CT molecular complexity index is 932. The van der Waals surface area contributed by atoms with Crippen molar-refractivity contribution in [2.75, 3.05) is 31.2 Å². The second-order valence-corrected chi connectivity index (χ2v) is 5.78. The fourth-order valence-corrected chi connectivity index (χ4v) is 2.90. The summed E-state index contributed by atoms with van der Waals surface area (Å²) in [5, 5.41) is 18.4. The Kier molecular flexibility index (Phi) is 4.50. The van der Waals surface area contributed by atoms with E-state index < -0.39 is 0 Å². The predicted octanol–water partition coefficient (Wildman–Crippen LogP) is 2.76. The molecule has 0 saturated carbocycles. The van der Waals surface area contributed by atoms with Gasteiger partial charge < -0.3 is 14.1 Å². The molecule has 0 N–H and O–H groups in total. The number of aromatic nitrogens is 3. The fourth-order valence-electron chi connectivity index (χ4n) is 2.90. The number of furan rings is 1. The minimum Gasteiger partial charge on any atom is -0.465 e. The summed E-state index contributed by atoms with van der Waals surface area (Å²) in [6.07, 6.45) is 3.24. The number of nitrogens with zero attached hydrogens (tertiary/aromatic N) is 5. The number of hydrogen-bond acceptors (Lipinski definition) is 6. The van der Waals surface area contributed by atoms with E-state index in [1.165, 1.54) is 0 Å². The largest absolute Gasteiger partial charge is 0.465 e. The van der Waals surface area contributed by atoms with Crippen molar-refractivity contribution in [1.82, 2.24) is 14.8 Å². The number of rotatable bonds is 4. The van der Waals surface area contributed by atoms with Crippen molar-refractivity contribution in [2.45, 2.75) is 0 Å². The normalized spacial score (nSPS) is 15.0. The third-order valence-corrected chi connectivity index (χ3v) is 4.15. The fraction of sp³-hybridized carbons (Fsp3) is 0.211. The number of morpholine rings is 1. The van der Waals surface area contributed by atoms with Crippen LogP contribution in [0.5, 0.6) is 0 Å². The lowest BCUT2D eigenvalue weighted by Crippen LogP contribution is -2.38. The van der Waals surface area contributed by atoms with Crippen LogP contribution in [-0.2, 0) is 4.74 Å². The molecule has 1 aliphatic rings. The topological polar surface area (TPSA) is 80.1 Å². The van der Waals surface area contributed by atoms with Crippen LogP contribution in [0.1, 0.15) is 11.6 Å².